The van der Waals surface area contributed by atoms with Crippen molar-refractivity contribution in [1.82, 2.24) is 4.90 Å². The van der Waals surface area contributed by atoms with Gasteiger partial charge in [0.1, 0.15) is 0 Å². The van der Waals surface area contributed by atoms with Gasteiger partial charge in [0.05, 0.1) is 0 Å². The van der Waals surface area contributed by atoms with Crippen molar-refractivity contribution in [1.29, 1.82) is 0 Å². The average Bonchev–Trinajstić information content (AvgIpc) is 2.47. The third-order valence-corrected chi connectivity index (χ3v) is 4.44. The normalized spacial score (nSPS) is 21.9. The van der Waals surface area contributed by atoms with Crippen LogP contribution in [0.2, 0.25) is 0 Å². The fourth-order valence-electron chi connectivity index (χ4n) is 3.12. The largest absolute Gasteiger partial charge is 0.396 e. The van der Waals surface area contributed by atoms with Crippen LogP contribution in [-0.2, 0) is 0 Å². The molecule has 0 aromatic heterocycles. The van der Waals surface area contributed by atoms with E-state index in [-0.39, 0.29) is 6.04 Å². The molecule has 3 nitrogen and oxygen atoms in total. The van der Waals surface area contributed by atoms with Gasteiger partial charge in [0.2, 0.25) is 0 Å². The maximum absolute atomic E-state index is 9.17. The first-order valence-electron chi connectivity index (χ1n) is 7.88. The van der Waals surface area contributed by atoms with Gasteiger partial charge in [0.25, 0.3) is 0 Å². The van der Waals surface area contributed by atoms with E-state index in [0.717, 1.165) is 25.9 Å². The van der Waals surface area contributed by atoms with E-state index in [4.69, 9.17) is 10.8 Å². The lowest BCUT2D eigenvalue weighted by Gasteiger charge is -2.36. The third kappa shape index (κ3) is 4.30. The number of aliphatic hydroxyl groups is 1. The highest BCUT2D eigenvalue weighted by Gasteiger charge is 2.22. The van der Waals surface area contributed by atoms with Crippen LogP contribution < -0.4 is 5.73 Å². The van der Waals surface area contributed by atoms with Crippen LogP contribution in [0.15, 0.2) is 24.3 Å². The van der Waals surface area contributed by atoms with Crippen molar-refractivity contribution in [2.24, 2.45) is 5.73 Å². The van der Waals surface area contributed by atoms with E-state index in [2.05, 4.69) is 36.1 Å². The second kappa shape index (κ2) is 7.77. The molecule has 1 aliphatic heterocycles. The van der Waals surface area contributed by atoms with E-state index >= 15 is 0 Å². The highest BCUT2D eigenvalue weighted by atomic mass is 16.3. The molecule has 1 aromatic rings. The van der Waals surface area contributed by atoms with Gasteiger partial charge in [-0.15, -0.1) is 0 Å². The summed E-state index contributed by atoms with van der Waals surface area (Å²) in [5, 5.41) is 9.17. The van der Waals surface area contributed by atoms with Crippen molar-refractivity contribution in [3.05, 3.63) is 35.4 Å². The molecule has 3 heteroatoms. The zero-order chi connectivity index (χ0) is 14.4. The van der Waals surface area contributed by atoms with Crippen LogP contribution in [0.4, 0.5) is 0 Å². The lowest BCUT2D eigenvalue weighted by Crippen LogP contribution is -2.41. The average molecular weight is 276 g/mol. The van der Waals surface area contributed by atoms with Crippen molar-refractivity contribution in [3.8, 4) is 0 Å². The standard InChI is InChI=1S/C17H28N2O/c1-14-5-7-15(8-6-14)17(18)9-12-19-11-3-2-4-16(19)10-13-20/h5-8,16-17,20H,2-4,9-13,18H2,1H3. The summed E-state index contributed by atoms with van der Waals surface area (Å²) in [6, 6.07) is 9.21. The maximum atomic E-state index is 9.17. The Morgan fingerprint density at radius 3 is 2.75 bits per heavy atom. The summed E-state index contributed by atoms with van der Waals surface area (Å²) in [7, 11) is 0. The van der Waals surface area contributed by atoms with Crippen LogP contribution in [0.3, 0.4) is 0 Å². The van der Waals surface area contributed by atoms with E-state index in [1.54, 1.807) is 0 Å². The predicted octanol–water partition coefficient (Wildman–Crippen LogP) is 2.62. The lowest BCUT2D eigenvalue weighted by atomic mass is 9.97. The molecule has 20 heavy (non-hydrogen) atoms. The SMILES string of the molecule is Cc1ccc(C(N)CCN2CCCCC2CCO)cc1. The molecule has 2 rings (SSSR count). The molecule has 3 N–H and O–H groups in total. The Kier molecular flexibility index (Phi) is 6.02. The van der Waals surface area contributed by atoms with E-state index < -0.39 is 0 Å². The summed E-state index contributed by atoms with van der Waals surface area (Å²) >= 11 is 0. The fraction of sp³-hybridized carbons (Fsp3) is 0.647. The van der Waals surface area contributed by atoms with Crippen LogP contribution in [0.5, 0.6) is 0 Å². The van der Waals surface area contributed by atoms with Gasteiger partial charge in [-0.05, 0) is 44.7 Å². The van der Waals surface area contributed by atoms with Crippen molar-refractivity contribution in [3.63, 3.8) is 0 Å². The summed E-state index contributed by atoms with van der Waals surface area (Å²) in [4.78, 5) is 2.52. The summed E-state index contributed by atoms with van der Waals surface area (Å²) in [6.45, 7) is 4.60. The number of benzene rings is 1. The van der Waals surface area contributed by atoms with Gasteiger partial charge in [-0.1, -0.05) is 36.2 Å². The summed E-state index contributed by atoms with van der Waals surface area (Å²) in [5.74, 6) is 0. The quantitative estimate of drug-likeness (QED) is 0.839. The minimum Gasteiger partial charge on any atom is -0.396 e. The van der Waals surface area contributed by atoms with Gasteiger partial charge in [-0.3, -0.25) is 0 Å². The van der Waals surface area contributed by atoms with E-state index in [1.807, 2.05) is 0 Å². The minimum absolute atomic E-state index is 0.118. The Labute approximate surface area is 122 Å². The number of likely N-dealkylation sites (tertiary alicyclic amines) is 1. The predicted molar refractivity (Wildman–Crippen MR) is 83.6 cm³/mol. The highest BCUT2D eigenvalue weighted by Crippen LogP contribution is 2.22. The molecule has 0 bridgehead atoms. The number of aliphatic hydroxyl groups excluding tert-OH is 1. The van der Waals surface area contributed by atoms with Crippen LogP contribution >= 0.6 is 0 Å². The molecule has 112 valence electrons. The Morgan fingerprint density at radius 1 is 1.30 bits per heavy atom. The number of nitrogens with zero attached hydrogens (tertiary/aromatic N) is 1. The van der Waals surface area contributed by atoms with Gasteiger partial charge >= 0.3 is 0 Å². The maximum Gasteiger partial charge on any atom is 0.0445 e. The van der Waals surface area contributed by atoms with Crippen LogP contribution in [-0.4, -0.2) is 35.7 Å². The molecule has 1 saturated heterocycles. The topological polar surface area (TPSA) is 49.5 Å². The van der Waals surface area contributed by atoms with Gasteiger partial charge in [0, 0.05) is 25.2 Å². The Balaban J connectivity index is 1.85. The molecule has 0 saturated carbocycles. The molecule has 1 aliphatic rings. The number of hydrogen-bond donors (Lipinski definition) is 2. The molecule has 1 heterocycles. The zero-order valence-electron chi connectivity index (χ0n) is 12.6. The molecule has 0 radical (unpaired) electrons. The molecular formula is C17H28N2O. The third-order valence-electron chi connectivity index (χ3n) is 4.44. The first-order valence-corrected chi connectivity index (χ1v) is 7.88. The zero-order valence-corrected chi connectivity index (χ0v) is 12.6. The molecular weight excluding hydrogens is 248 g/mol. The van der Waals surface area contributed by atoms with Crippen molar-refractivity contribution in [2.75, 3.05) is 19.7 Å². The van der Waals surface area contributed by atoms with Crippen molar-refractivity contribution < 1.29 is 5.11 Å². The second-order valence-electron chi connectivity index (χ2n) is 6.00. The number of rotatable bonds is 6. The number of nitrogens with two attached hydrogens (primary N) is 1. The molecule has 2 unspecified atom stereocenters. The molecule has 0 aliphatic carbocycles. The Morgan fingerprint density at radius 2 is 2.05 bits per heavy atom. The molecule has 1 aromatic carbocycles. The summed E-state index contributed by atoms with van der Waals surface area (Å²) < 4.78 is 0. The van der Waals surface area contributed by atoms with Crippen LogP contribution in [0.1, 0.15) is 49.3 Å². The van der Waals surface area contributed by atoms with Crippen LogP contribution in [0, 0.1) is 6.92 Å². The van der Waals surface area contributed by atoms with Gasteiger partial charge in [-0.25, -0.2) is 0 Å². The fourth-order valence-corrected chi connectivity index (χ4v) is 3.12. The molecule has 2 atom stereocenters. The van der Waals surface area contributed by atoms with Crippen molar-refractivity contribution in [2.45, 2.75) is 51.1 Å². The minimum atomic E-state index is 0.118. The number of aryl methyl sites for hydroxylation is 1. The van der Waals surface area contributed by atoms with E-state index in [0.29, 0.717) is 12.6 Å². The van der Waals surface area contributed by atoms with Gasteiger partial charge in [-0.2, -0.15) is 0 Å². The monoisotopic (exact) mass is 276 g/mol. The summed E-state index contributed by atoms with van der Waals surface area (Å²) in [6.07, 6.45) is 5.69. The van der Waals surface area contributed by atoms with Crippen LogP contribution in [0.25, 0.3) is 0 Å². The molecule has 0 amide bonds. The molecule has 0 spiro atoms. The molecule has 1 fully saturated rings. The van der Waals surface area contributed by atoms with Crippen molar-refractivity contribution >= 4 is 0 Å². The van der Waals surface area contributed by atoms with Gasteiger partial charge in [0.15, 0.2) is 0 Å². The Bertz CT molecular complexity index is 388. The smallest absolute Gasteiger partial charge is 0.0445 e. The number of hydrogen-bond acceptors (Lipinski definition) is 3. The summed E-state index contributed by atoms with van der Waals surface area (Å²) in [5.41, 5.74) is 8.81. The highest BCUT2D eigenvalue weighted by molar-refractivity contribution is 5.23. The van der Waals surface area contributed by atoms with E-state index in [9.17, 15) is 0 Å². The van der Waals surface area contributed by atoms with Gasteiger partial charge < -0.3 is 15.7 Å². The Hall–Kier alpha value is -0.900. The second-order valence-corrected chi connectivity index (χ2v) is 6.00. The first-order chi connectivity index (χ1) is 9.70. The van der Waals surface area contributed by atoms with E-state index in [1.165, 1.54) is 30.4 Å². The lowest BCUT2D eigenvalue weighted by molar-refractivity contribution is 0.116. The number of piperidine rings is 1. The first kappa shape index (κ1) is 15.5.